The summed E-state index contributed by atoms with van der Waals surface area (Å²) in [6.07, 6.45) is 0.790. The molecule has 0 saturated heterocycles. The van der Waals surface area contributed by atoms with E-state index in [9.17, 15) is 4.79 Å². The molecule has 2 N–H and O–H groups in total. The molecule has 0 aromatic heterocycles. The van der Waals surface area contributed by atoms with Gasteiger partial charge in [-0.1, -0.05) is 26.0 Å². The van der Waals surface area contributed by atoms with Crippen molar-refractivity contribution in [3.63, 3.8) is 0 Å². The van der Waals surface area contributed by atoms with E-state index < -0.39 is 6.61 Å². The van der Waals surface area contributed by atoms with Crippen LogP contribution >= 0.6 is 11.8 Å². The number of aliphatic hydroxyl groups excluding tert-OH is 1. The van der Waals surface area contributed by atoms with E-state index in [0.29, 0.717) is 11.8 Å². The van der Waals surface area contributed by atoms with Crippen LogP contribution in [0.15, 0.2) is 29.2 Å². The van der Waals surface area contributed by atoms with E-state index >= 15 is 0 Å². The lowest BCUT2D eigenvalue weighted by atomic mass is 10.1. The van der Waals surface area contributed by atoms with Gasteiger partial charge in [-0.3, -0.25) is 4.79 Å². The summed E-state index contributed by atoms with van der Waals surface area (Å²) in [6.45, 7) is 4.46. The quantitative estimate of drug-likeness (QED) is 0.761. The molecule has 0 unspecified atom stereocenters. The molecule has 0 spiro atoms. The Kier molecular flexibility index (Phi) is 6.08. The van der Waals surface area contributed by atoms with Gasteiger partial charge in [0.05, 0.1) is 0 Å². The Morgan fingerprint density at radius 2 is 2.00 bits per heavy atom. The summed E-state index contributed by atoms with van der Waals surface area (Å²) >= 11 is 1.84. The topological polar surface area (TPSA) is 49.3 Å². The predicted octanol–water partition coefficient (Wildman–Crippen LogP) is 1.84. The molecule has 0 aliphatic carbocycles. The van der Waals surface area contributed by atoms with Crippen molar-refractivity contribution in [1.29, 1.82) is 0 Å². The zero-order chi connectivity index (χ0) is 12.7. The first kappa shape index (κ1) is 14.1. The molecule has 0 aliphatic rings. The van der Waals surface area contributed by atoms with Gasteiger partial charge in [0.15, 0.2) is 0 Å². The van der Waals surface area contributed by atoms with Crippen LogP contribution in [0.3, 0.4) is 0 Å². The van der Waals surface area contributed by atoms with Crippen LogP contribution in [0.4, 0.5) is 0 Å². The highest BCUT2D eigenvalue weighted by Gasteiger charge is 2.00. The highest BCUT2D eigenvalue weighted by Crippen LogP contribution is 2.22. The van der Waals surface area contributed by atoms with Crippen LogP contribution in [-0.4, -0.2) is 29.4 Å². The molecule has 1 amide bonds. The van der Waals surface area contributed by atoms with Gasteiger partial charge >= 0.3 is 0 Å². The summed E-state index contributed by atoms with van der Waals surface area (Å²) in [5.74, 6) is -0.322. The van der Waals surface area contributed by atoms with Gasteiger partial charge in [-0.15, -0.1) is 11.8 Å². The van der Waals surface area contributed by atoms with Crippen molar-refractivity contribution in [1.82, 2.24) is 5.32 Å². The van der Waals surface area contributed by atoms with Gasteiger partial charge in [0.1, 0.15) is 6.61 Å². The normalized spacial score (nSPS) is 10.6. The van der Waals surface area contributed by atoms with Crippen molar-refractivity contribution in [3.8, 4) is 0 Å². The number of carbonyl (C=O) groups is 1. The maximum atomic E-state index is 10.8. The minimum atomic E-state index is -0.441. The predicted molar refractivity (Wildman–Crippen MR) is 71.2 cm³/mol. The molecule has 17 heavy (non-hydrogen) atoms. The maximum absolute atomic E-state index is 10.8. The number of hydrogen-bond donors (Lipinski definition) is 2. The van der Waals surface area contributed by atoms with Crippen LogP contribution in [0.5, 0.6) is 0 Å². The Labute approximate surface area is 107 Å². The van der Waals surface area contributed by atoms with Crippen LogP contribution in [0.1, 0.15) is 19.4 Å². The van der Waals surface area contributed by atoms with Gasteiger partial charge in [0, 0.05) is 16.7 Å². The minimum absolute atomic E-state index is 0.322. The largest absolute Gasteiger partial charge is 0.387 e. The van der Waals surface area contributed by atoms with Gasteiger partial charge in [0.2, 0.25) is 5.91 Å². The van der Waals surface area contributed by atoms with E-state index in [2.05, 4.69) is 43.4 Å². The third kappa shape index (κ3) is 5.75. The lowest BCUT2D eigenvalue weighted by molar-refractivity contribution is -0.123. The van der Waals surface area contributed by atoms with Crippen molar-refractivity contribution in [2.45, 2.75) is 30.4 Å². The lowest BCUT2D eigenvalue weighted by Gasteiger charge is -2.07. The number of aliphatic hydroxyl groups is 1. The van der Waals surface area contributed by atoms with E-state index in [0.717, 1.165) is 6.42 Å². The third-order valence-corrected chi connectivity index (χ3v) is 3.19. The van der Waals surface area contributed by atoms with E-state index in [-0.39, 0.29) is 5.91 Å². The van der Waals surface area contributed by atoms with Gasteiger partial charge in [-0.2, -0.15) is 0 Å². The Morgan fingerprint density at radius 3 is 2.53 bits per heavy atom. The van der Waals surface area contributed by atoms with E-state index in [4.69, 9.17) is 5.11 Å². The second-order valence-electron chi connectivity index (χ2n) is 4.07. The summed E-state index contributed by atoms with van der Waals surface area (Å²) in [5, 5.41) is 11.8. The van der Waals surface area contributed by atoms with Crippen LogP contribution < -0.4 is 5.32 Å². The van der Waals surface area contributed by atoms with Crippen molar-refractivity contribution < 1.29 is 9.90 Å². The number of amides is 1. The first-order valence-electron chi connectivity index (χ1n) is 5.75. The van der Waals surface area contributed by atoms with Gasteiger partial charge < -0.3 is 10.4 Å². The molecule has 4 heteroatoms. The van der Waals surface area contributed by atoms with Crippen LogP contribution in [0, 0.1) is 0 Å². The van der Waals surface area contributed by atoms with Crippen molar-refractivity contribution in [2.24, 2.45) is 0 Å². The standard InChI is InChI=1S/C13H19NO2S/c1-10(2)17-12-5-3-11(4-6-12)7-8-14-13(16)9-15/h3-6,10,15H,7-9H2,1-2H3,(H,14,16). The fourth-order valence-corrected chi connectivity index (χ4v) is 2.25. The highest BCUT2D eigenvalue weighted by molar-refractivity contribution is 7.99. The summed E-state index contributed by atoms with van der Waals surface area (Å²) in [6, 6.07) is 8.37. The van der Waals surface area contributed by atoms with Crippen molar-refractivity contribution in [3.05, 3.63) is 29.8 Å². The third-order valence-electron chi connectivity index (χ3n) is 2.17. The highest BCUT2D eigenvalue weighted by atomic mass is 32.2. The number of benzene rings is 1. The molecule has 0 bridgehead atoms. The summed E-state index contributed by atoms with van der Waals surface area (Å²) in [5.41, 5.74) is 1.19. The zero-order valence-electron chi connectivity index (χ0n) is 10.3. The average molecular weight is 253 g/mol. The first-order chi connectivity index (χ1) is 8.11. The fraction of sp³-hybridized carbons (Fsp3) is 0.462. The smallest absolute Gasteiger partial charge is 0.245 e. The van der Waals surface area contributed by atoms with Gasteiger partial charge in [-0.05, 0) is 24.1 Å². The molecule has 1 rings (SSSR count). The number of rotatable bonds is 6. The molecule has 94 valence electrons. The molecule has 1 aromatic rings. The molecular formula is C13H19NO2S. The molecule has 0 heterocycles. The van der Waals surface area contributed by atoms with Crippen LogP contribution in [0.25, 0.3) is 0 Å². The molecule has 0 radical (unpaired) electrons. The Hall–Kier alpha value is -1.00. The molecule has 0 fully saturated rings. The Bertz CT molecular complexity index is 349. The number of nitrogens with one attached hydrogen (secondary N) is 1. The molecule has 0 saturated carbocycles. The fourth-order valence-electron chi connectivity index (χ4n) is 1.41. The molecule has 0 aliphatic heterocycles. The summed E-state index contributed by atoms with van der Waals surface area (Å²) in [4.78, 5) is 12.1. The van der Waals surface area contributed by atoms with Crippen molar-refractivity contribution >= 4 is 17.7 Å². The summed E-state index contributed by atoms with van der Waals surface area (Å²) < 4.78 is 0. The average Bonchev–Trinajstić information content (AvgIpc) is 2.30. The minimum Gasteiger partial charge on any atom is -0.387 e. The molecule has 3 nitrogen and oxygen atoms in total. The molecule has 0 atom stereocenters. The van der Waals surface area contributed by atoms with Gasteiger partial charge in [0.25, 0.3) is 0 Å². The van der Waals surface area contributed by atoms with Crippen LogP contribution in [0.2, 0.25) is 0 Å². The summed E-state index contributed by atoms with van der Waals surface area (Å²) in [7, 11) is 0. The number of thioether (sulfide) groups is 1. The van der Waals surface area contributed by atoms with Crippen LogP contribution in [-0.2, 0) is 11.2 Å². The second kappa shape index (κ2) is 7.35. The monoisotopic (exact) mass is 253 g/mol. The zero-order valence-corrected chi connectivity index (χ0v) is 11.1. The van der Waals surface area contributed by atoms with E-state index in [1.165, 1.54) is 10.5 Å². The van der Waals surface area contributed by atoms with Gasteiger partial charge in [-0.25, -0.2) is 0 Å². The van der Waals surface area contributed by atoms with E-state index in [1.54, 1.807) is 0 Å². The maximum Gasteiger partial charge on any atom is 0.245 e. The molecule has 1 aromatic carbocycles. The van der Waals surface area contributed by atoms with Crippen molar-refractivity contribution in [2.75, 3.05) is 13.2 Å². The lowest BCUT2D eigenvalue weighted by Crippen LogP contribution is -2.28. The number of carbonyl (C=O) groups excluding carboxylic acids is 1. The SMILES string of the molecule is CC(C)Sc1ccc(CCNC(=O)CO)cc1. The van der Waals surface area contributed by atoms with E-state index in [1.807, 2.05) is 11.8 Å². The first-order valence-corrected chi connectivity index (χ1v) is 6.63. The Balaban J connectivity index is 2.37. The Morgan fingerprint density at radius 1 is 1.35 bits per heavy atom. The molecular weight excluding hydrogens is 234 g/mol. The second-order valence-corrected chi connectivity index (χ2v) is 5.72. The number of hydrogen-bond acceptors (Lipinski definition) is 3.